The average Bonchev–Trinajstić information content (AvgIpc) is 3.38. The van der Waals surface area contributed by atoms with Crippen LogP contribution in [0, 0.1) is 0 Å². The molecule has 0 bridgehead atoms. The Morgan fingerprint density at radius 2 is 1.86 bits per heavy atom. The lowest BCUT2D eigenvalue weighted by Crippen LogP contribution is -2.31. The summed E-state index contributed by atoms with van der Waals surface area (Å²) in [5, 5.41) is 2.74. The first-order valence-corrected chi connectivity index (χ1v) is 13.3. The quantitative estimate of drug-likeness (QED) is 0.257. The van der Waals surface area contributed by atoms with E-state index in [0.29, 0.717) is 39.0 Å². The number of benzene rings is 2. The molecular formula is C27H22ClN5O2S. The number of hydrogen-bond acceptors (Lipinski definition) is 6. The third-order valence-corrected chi connectivity index (χ3v) is 7.52. The second-order valence-corrected chi connectivity index (χ2v) is 9.88. The van der Waals surface area contributed by atoms with Crippen LogP contribution in [-0.4, -0.2) is 32.3 Å². The van der Waals surface area contributed by atoms with Crippen LogP contribution in [0.1, 0.15) is 24.6 Å². The average molecular weight is 516 g/mol. The molecule has 0 radical (unpaired) electrons. The lowest BCUT2D eigenvalue weighted by molar-refractivity contribution is 0.659. The van der Waals surface area contributed by atoms with Crippen LogP contribution >= 0.6 is 23.4 Å². The molecule has 0 unspecified atom stereocenters. The summed E-state index contributed by atoms with van der Waals surface area (Å²) in [5.74, 6) is 0.590. The predicted octanol–water partition coefficient (Wildman–Crippen LogP) is 5.34. The summed E-state index contributed by atoms with van der Waals surface area (Å²) < 4.78 is 1.75. The molecule has 2 aromatic carbocycles. The number of pyridine rings is 2. The van der Waals surface area contributed by atoms with Gasteiger partial charge in [0.1, 0.15) is 16.9 Å². The highest BCUT2D eigenvalue weighted by molar-refractivity contribution is 7.98. The molecule has 1 aliphatic rings. The van der Waals surface area contributed by atoms with E-state index in [-0.39, 0.29) is 17.0 Å². The van der Waals surface area contributed by atoms with Crippen molar-refractivity contribution in [1.82, 2.24) is 19.5 Å². The van der Waals surface area contributed by atoms with Crippen molar-refractivity contribution in [3.8, 4) is 5.69 Å². The molecule has 6 rings (SSSR count). The number of nitrogens with one attached hydrogen (secondary N) is 1. The van der Waals surface area contributed by atoms with Crippen LogP contribution in [-0.2, 0) is 0 Å². The van der Waals surface area contributed by atoms with E-state index in [0.717, 1.165) is 29.6 Å². The lowest BCUT2D eigenvalue weighted by Gasteiger charge is -2.29. The van der Waals surface area contributed by atoms with Crippen molar-refractivity contribution >= 4 is 51.0 Å². The molecule has 3 aromatic heterocycles. The number of para-hydroxylation sites is 1. The van der Waals surface area contributed by atoms with Crippen molar-refractivity contribution in [2.45, 2.75) is 24.0 Å². The van der Waals surface area contributed by atoms with Crippen LogP contribution in [0.3, 0.4) is 0 Å². The van der Waals surface area contributed by atoms with E-state index in [4.69, 9.17) is 16.6 Å². The zero-order chi connectivity index (χ0) is 24.8. The molecule has 180 valence electrons. The highest BCUT2D eigenvalue weighted by Gasteiger charge is 2.33. The van der Waals surface area contributed by atoms with Crippen LogP contribution in [0.4, 0.5) is 5.82 Å². The first-order chi connectivity index (χ1) is 17.6. The smallest absolute Gasteiger partial charge is 0.264 e. The zero-order valence-electron chi connectivity index (χ0n) is 19.4. The molecule has 0 aliphatic carbocycles. The molecule has 0 spiro atoms. The summed E-state index contributed by atoms with van der Waals surface area (Å²) in [4.78, 5) is 41.4. The topological polar surface area (TPSA) is 83.9 Å². The summed E-state index contributed by atoms with van der Waals surface area (Å²) in [6.45, 7) is 0.704. The van der Waals surface area contributed by atoms with Gasteiger partial charge in [-0.2, -0.15) is 0 Å². The number of fused-ring (bicyclic) bond motifs is 2. The number of thioether (sulfide) groups is 1. The second kappa shape index (κ2) is 9.11. The second-order valence-electron chi connectivity index (χ2n) is 8.70. The van der Waals surface area contributed by atoms with E-state index in [9.17, 15) is 9.59 Å². The third kappa shape index (κ3) is 3.68. The molecule has 1 fully saturated rings. The van der Waals surface area contributed by atoms with Crippen molar-refractivity contribution in [1.29, 1.82) is 0 Å². The Balaban J connectivity index is 1.63. The number of aromatic nitrogens is 4. The van der Waals surface area contributed by atoms with Gasteiger partial charge in [-0.25, -0.2) is 9.97 Å². The Labute approximate surface area is 215 Å². The lowest BCUT2D eigenvalue weighted by atomic mass is 10.0. The molecular weight excluding hydrogens is 494 g/mol. The Hall–Kier alpha value is -3.62. The van der Waals surface area contributed by atoms with E-state index in [1.165, 1.54) is 17.8 Å². The monoisotopic (exact) mass is 515 g/mol. The standard InChI is InChI=1S/C27H22ClN5O2S/c1-36-27-30-24-23(21(34)12-13-29-24)25(31-27)32-14-6-11-19(32)20-15-16-7-5-10-18(28)22(16)26(35)33(20)17-8-3-2-4-9-17/h2-5,7-10,12-13,15,19H,6,11,14H2,1H3,(H,29,30,31,34)/t19-/m0/s1. The number of nitrogens with zero attached hydrogens (tertiary/aromatic N) is 4. The van der Waals surface area contributed by atoms with Crippen LogP contribution in [0.15, 0.2) is 81.6 Å². The highest BCUT2D eigenvalue weighted by atomic mass is 35.5. The predicted molar refractivity (Wildman–Crippen MR) is 146 cm³/mol. The number of H-pyrrole nitrogens is 1. The van der Waals surface area contributed by atoms with Gasteiger partial charge in [0.15, 0.2) is 10.6 Å². The molecule has 1 aliphatic heterocycles. The first-order valence-electron chi connectivity index (χ1n) is 11.7. The fraction of sp³-hybridized carbons (Fsp3) is 0.185. The molecule has 0 saturated carbocycles. The molecule has 1 atom stereocenters. The number of aromatic amines is 1. The molecule has 0 amide bonds. The molecule has 4 heterocycles. The first kappa shape index (κ1) is 22.8. The Morgan fingerprint density at radius 1 is 1.03 bits per heavy atom. The van der Waals surface area contributed by atoms with E-state index in [1.54, 1.807) is 16.8 Å². The molecule has 7 nitrogen and oxygen atoms in total. The fourth-order valence-electron chi connectivity index (χ4n) is 5.09. The number of hydrogen-bond donors (Lipinski definition) is 1. The zero-order valence-corrected chi connectivity index (χ0v) is 21.0. The van der Waals surface area contributed by atoms with Crippen molar-refractivity contribution in [3.63, 3.8) is 0 Å². The minimum Gasteiger partial charge on any atom is -0.347 e. The molecule has 1 saturated heterocycles. The number of anilines is 1. The van der Waals surface area contributed by atoms with Gasteiger partial charge in [0.25, 0.3) is 5.56 Å². The maximum Gasteiger partial charge on any atom is 0.264 e. The summed E-state index contributed by atoms with van der Waals surface area (Å²) in [6, 6.07) is 18.5. The Bertz CT molecular complexity index is 1730. The van der Waals surface area contributed by atoms with Crippen molar-refractivity contribution in [3.05, 3.63) is 98.2 Å². The largest absolute Gasteiger partial charge is 0.347 e. The summed E-state index contributed by atoms with van der Waals surface area (Å²) in [7, 11) is 0. The minimum atomic E-state index is -0.173. The third-order valence-electron chi connectivity index (χ3n) is 6.66. The molecule has 5 aromatic rings. The van der Waals surface area contributed by atoms with Gasteiger partial charge in [0.05, 0.1) is 16.5 Å². The minimum absolute atomic E-state index is 0.136. The van der Waals surface area contributed by atoms with Gasteiger partial charge in [-0.3, -0.25) is 14.2 Å². The summed E-state index contributed by atoms with van der Waals surface area (Å²) in [6.07, 6.45) is 5.22. The van der Waals surface area contributed by atoms with Crippen molar-refractivity contribution in [2.75, 3.05) is 17.7 Å². The van der Waals surface area contributed by atoms with Crippen LogP contribution in [0.25, 0.3) is 27.5 Å². The van der Waals surface area contributed by atoms with E-state index >= 15 is 0 Å². The maximum atomic E-state index is 13.9. The van der Waals surface area contributed by atoms with Gasteiger partial charge < -0.3 is 9.88 Å². The summed E-state index contributed by atoms with van der Waals surface area (Å²) >= 11 is 7.92. The fourth-order valence-corrected chi connectivity index (χ4v) is 5.72. The van der Waals surface area contributed by atoms with Crippen LogP contribution < -0.4 is 15.9 Å². The normalized spacial score (nSPS) is 15.7. The van der Waals surface area contributed by atoms with Gasteiger partial charge in [-0.15, -0.1) is 0 Å². The Kier molecular flexibility index (Phi) is 5.78. The van der Waals surface area contributed by atoms with Crippen LogP contribution in [0.2, 0.25) is 5.02 Å². The van der Waals surface area contributed by atoms with Crippen molar-refractivity contribution < 1.29 is 0 Å². The van der Waals surface area contributed by atoms with Gasteiger partial charge in [0.2, 0.25) is 0 Å². The Morgan fingerprint density at radius 3 is 2.67 bits per heavy atom. The summed E-state index contributed by atoms with van der Waals surface area (Å²) in [5.41, 5.74) is 1.81. The van der Waals surface area contributed by atoms with E-state index in [2.05, 4.69) is 14.9 Å². The van der Waals surface area contributed by atoms with Gasteiger partial charge in [0, 0.05) is 30.2 Å². The molecule has 9 heteroatoms. The van der Waals surface area contributed by atoms with E-state index in [1.807, 2.05) is 54.8 Å². The van der Waals surface area contributed by atoms with E-state index < -0.39 is 0 Å². The van der Waals surface area contributed by atoms with Gasteiger partial charge in [-0.05, 0) is 48.7 Å². The van der Waals surface area contributed by atoms with Crippen molar-refractivity contribution in [2.24, 2.45) is 0 Å². The SMILES string of the molecule is CSc1nc(N2CCC[C@H]2c2cc3cccc(Cl)c3c(=O)n2-c2ccccc2)c2c(=O)cc[nH]c2n1. The number of halogens is 1. The molecule has 36 heavy (non-hydrogen) atoms. The van der Waals surface area contributed by atoms with Crippen LogP contribution in [0.5, 0.6) is 0 Å². The molecule has 1 N–H and O–H groups in total. The van der Waals surface area contributed by atoms with Gasteiger partial charge >= 0.3 is 0 Å². The maximum absolute atomic E-state index is 13.9. The van der Waals surface area contributed by atoms with Gasteiger partial charge in [-0.1, -0.05) is 53.7 Å². The highest BCUT2D eigenvalue weighted by Crippen LogP contribution is 2.39. The number of rotatable bonds is 4.